The maximum absolute atomic E-state index is 11.3. The van der Waals surface area contributed by atoms with Crippen LogP contribution in [0, 0.1) is 0 Å². The minimum absolute atomic E-state index is 0.173. The highest BCUT2D eigenvalue weighted by Crippen LogP contribution is 1.87. The van der Waals surface area contributed by atoms with Crippen molar-refractivity contribution in [2.45, 2.75) is 13.3 Å². The van der Waals surface area contributed by atoms with Crippen LogP contribution in [-0.4, -0.2) is 18.6 Å². The second kappa shape index (κ2) is 4.00. The molecule has 4 heteroatoms. The van der Waals surface area contributed by atoms with Gasteiger partial charge in [0, 0.05) is 0 Å². The highest BCUT2D eigenvalue weighted by Gasteiger charge is 2.07. The van der Waals surface area contributed by atoms with E-state index in [-0.39, 0.29) is 6.61 Å². The Morgan fingerprint density at radius 3 is 2.44 bits per heavy atom. The molecule has 0 N–H and O–H groups in total. The molecule has 0 aromatic heterocycles. The van der Waals surface area contributed by atoms with E-state index in [4.69, 9.17) is 0 Å². The smallest absolute Gasteiger partial charge is 0.316 e. The van der Waals surface area contributed by atoms with Gasteiger partial charge >= 0.3 is 12.0 Å². The monoisotopic (exact) mass is 134 g/mol. The first-order chi connectivity index (χ1) is 4.16. The molecule has 0 fully saturated rings. The summed E-state index contributed by atoms with van der Waals surface area (Å²) in [4.78, 5) is 19.7. The van der Waals surface area contributed by atoms with E-state index in [9.17, 15) is 14.0 Å². The van der Waals surface area contributed by atoms with Gasteiger partial charge in [-0.3, -0.25) is 9.59 Å². The Bertz CT molecular complexity index is 121. The Morgan fingerprint density at radius 2 is 2.11 bits per heavy atom. The minimum atomic E-state index is -1.66. The van der Waals surface area contributed by atoms with Gasteiger partial charge < -0.3 is 4.74 Å². The lowest BCUT2D eigenvalue weighted by atomic mass is 10.5. The topological polar surface area (TPSA) is 43.4 Å². The summed E-state index contributed by atoms with van der Waals surface area (Å²) in [5.41, 5.74) is 0. The van der Waals surface area contributed by atoms with Gasteiger partial charge in [-0.05, 0) is 6.92 Å². The fourth-order valence-corrected chi connectivity index (χ4v) is 0.325. The SMILES string of the molecule is CCOC(=O)CC(=O)F. The molecular formula is C5H7FO3. The van der Waals surface area contributed by atoms with Crippen molar-refractivity contribution in [1.29, 1.82) is 0 Å². The van der Waals surface area contributed by atoms with E-state index in [2.05, 4.69) is 4.74 Å². The average Bonchev–Trinajstić information content (AvgIpc) is 1.63. The van der Waals surface area contributed by atoms with Crippen LogP contribution in [0.15, 0.2) is 0 Å². The summed E-state index contributed by atoms with van der Waals surface area (Å²) in [5, 5.41) is 0. The summed E-state index contributed by atoms with van der Waals surface area (Å²) in [7, 11) is 0. The van der Waals surface area contributed by atoms with Crippen LogP contribution in [0.3, 0.4) is 0 Å². The molecule has 3 nitrogen and oxygen atoms in total. The second-order valence-corrected chi connectivity index (χ2v) is 1.34. The summed E-state index contributed by atoms with van der Waals surface area (Å²) in [6, 6.07) is -1.66. The third-order valence-electron chi connectivity index (χ3n) is 0.589. The van der Waals surface area contributed by atoms with Crippen LogP contribution in [0.4, 0.5) is 4.39 Å². The van der Waals surface area contributed by atoms with Crippen LogP contribution in [0.2, 0.25) is 0 Å². The summed E-state index contributed by atoms with van der Waals surface area (Å²) >= 11 is 0. The highest BCUT2D eigenvalue weighted by atomic mass is 19.1. The molecule has 0 spiro atoms. The fourth-order valence-electron chi connectivity index (χ4n) is 0.325. The average molecular weight is 134 g/mol. The molecule has 0 bridgehead atoms. The molecular weight excluding hydrogens is 127 g/mol. The summed E-state index contributed by atoms with van der Waals surface area (Å²) in [6.07, 6.45) is -0.770. The predicted molar refractivity (Wildman–Crippen MR) is 27.4 cm³/mol. The molecule has 9 heavy (non-hydrogen) atoms. The van der Waals surface area contributed by atoms with Gasteiger partial charge in [-0.15, -0.1) is 0 Å². The number of ether oxygens (including phenoxy) is 1. The number of halogens is 1. The molecule has 0 saturated carbocycles. The maximum Gasteiger partial charge on any atom is 0.316 e. The Labute approximate surface area is 51.8 Å². The van der Waals surface area contributed by atoms with Gasteiger partial charge in [0.15, 0.2) is 0 Å². The number of hydrogen-bond acceptors (Lipinski definition) is 3. The van der Waals surface area contributed by atoms with Crippen molar-refractivity contribution in [2.75, 3.05) is 6.61 Å². The van der Waals surface area contributed by atoms with Crippen molar-refractivity contribution in [2.24, 2.45) is 0 Å². The fraction of sp³-hybridized carbons (Fsp3) is 0.600. The molecule has 0 amide bonds. The van der Waals surface area contributed by atoms with E-state index < -0.39 is 18.4 Å². The highest BCUT2D eigenvalue weighted by molar-refractivity contribution is 5.90. The van der Waals surface area contributed by atoms with E-state index in [0.717, 1.165) is 0 Å². The normalized spacial score (nSPS) is 8.67. The van der Waals surface area contributed by atoms with Crippen LogP contribution < -0.4 is 0 Å². The van der Waals surface area contributed by atoms with Crippen molar-refractivity contribution in [1.82, 2.24) is 0 Å². The lowest BCUT2D eigenvalue weighted by molar-refractivity contribution is -0.148. The van der Waals surface area contributed by atoms with Gasteiger partial charge in [0.05, 0.1) is 6.61 Å². The molecule has 0 heterocycles. The van der Waals surface area contributed by atoms with Gasteiger partial charge in [-0.2, -0.15) is 4.39 Å². The molecule has 0 aliphatic carbocycles. The van der Waals surface area contributed by atoms with Gasteiger partial charge in [0.2, 0.25) is 0 Å². The number of rotatable bonds is 3. The number of carbonyl (C=O) groups excluding carboxylic acids is 2. The third kappa shape index (κ3) is 4.93. The maximum atomic E-state index is 11.3. The van der Waals surface area contributed by atoms with Crippen LogP contribution >= 0.6 is 0 Å². The van der Waals surface area contributed by atoms with E-state index in [1.54, 1.807) is 6.92 Å². The van der Waals surface area contributed by atoms with Crippen LogP contribution in [-0.2, 0) is 14.3 Å². The van der Waals surface area contributed by atoms with Crippen molar-refractivity contribution in [3.8, 4) is 0 Å². The van der Waals surface area contributed by atoms with Gasteiger partial charge in [0.25, 0.3) is 0 Å². The molecule has 0 aliphatic heterocycles. The van der Waals surface area contributed by atoms with E-state index in [1.165, 1.54) is 0 Å². The largest absolute Gasteiger partial charge is 0.466 e. The molecule has 0 saturated heterocycles. The molecule has 0 radical (unpaired) electrons. The van der Waals surface area contributed by atoms with E-state index in [1.807, 2.05) is 0 Å². The third-order valence-corrected chi connectivity index (χ3v) is 0.589. The van der Waals surface area contributed by atoms with Gasteiger partial charge in [-0.25, -0.2) is 0 Å². The van der Waals surface area contributed by atoms with Crippen molar-refractivity contribution in [3.05, 3.63) is 0 Å². The quantitative estimate of drug-likeness (QED) is 0.319. The lowest BCUT2D eigenvalue weighted by Crippen LogP contribution is -2.07. The molecule has 52 valence electrons. The molecule has 0 aromatic carbocycles. The standard InChI is InChI=1S/C5H7FO3/c1-2-9-5(8)3-4(6)7/h2-3H2,1H3. The van der Waals surface area contributed by atoms with Gasteiger partial charge in [0.1, 0.15) is 6.42 Å². The van der Waals surface area contributed by atoms with Crippen LogP contribution in [0.1, 0.15) is 13.3 Å². The summed E-state index contributed by atoms with van der Waals surface area (Å²) in [6.45, 7) is 1.76. The molecule has 0 aliphatic rings. The summed E-state index contributed by atoms with van der Waals surface area (Å²) in [5.74, 6) is -0.815. The van der Waals surface area contributed by atoms with Gasteiger partial charge in [-0.1, -0.05) is 0 Å². The van der Waals surface area contributed by atoms with Crippen LogP contribution in [0.25, 0.3) is 0 Å². The molecule has 0 atom stereocenters. The first-order valence-electron chi connectivity index (χ1n) is 2.50. The Hall–Kier alpha value is -0.930. The zero-order valence-corrected chi connectivity index (χ0v) is 5.02. The van der Waals surface area contributed by atoms with Crippen LogP contribution in [0.5, 0.6) is 0 Å². The summed E-state index contributed by atoms with van der Waals surface area (Å²) < 4.78 is 15.6. The first kappa shape index (κ1) is 8.07. The Balaban J connectivity index is 3.39. The second-order valence-electron chi connectivity index (χ2n) is 1.34. The first-order valence-corrected chi connectivity index (χ1v) is 2.50. The Kier molecular flexibility index (Phi) is 3.59. The zero-order valence-electron chi connectivity index (χ0n) is 5.02. The number of hydrogen-bond donors (Lipinski definition) is 0. The lowest BCUT2D eigenvalue weighted by Gasteiger charge is -1.94. The Morgan fingerprint density at radius 1 is 1.56 bits per heavy atom. The van der Waals surface area contributed by atoms with Crippen molar-refractivity contribution in [3.63, 3.8) is 0 Å². The van der Waals surface area contributed by atoms with Crippen molar-refractivity contribution >= 4 is 12.0 Å². The van der Waals surface area contributed by atoms with Crippen molar-refractivity contribution < 1.29 is 18.7 Å². The molecule has 0 unspecified atom stereocenters. The zero-order chi connectivity index (χ0) is 7.28. The minimum Gasteiger partial charge on any atom is -0.466 e. The molecule has 0 aromatic rings. The number of carbonyl (C=O) groups is 2. The predicted octanol–water partition coefficient (Wildman–Crippen LogP) is 0.436. The van der Waals surface area contributed by atoms with E-state index >= 15 is 0 Å². The number of esters is 1. The van der Waals surface area contributed by atoms with E-state index in [0.29, 0.717) is 0 Å². The molecule has 0 rings (SSSR count).